The first kappa shape index (κ1) is 30.1. The zero-order chi connectivity index (χ0) is 28.9. The Morgan fingerprint density at radius 2 is 1.44 bits per heavy atom. The summed E-state index contributed by atoms with van der Waals surface area (Å²) >= 11 is 6.76. The molecule has 0 aliphatic carbocycles. The van der Waals surface area contributed by atoms with Crippen molar-refractivity contribution in [3.63, 3.8) is 0 Å². The maximum Gasteiger partial charge on any atom is 0.410 e. The number of Topliss-reactive ketones (excluding diaryl/α,β-unsaturated/α-hetero) is 1. The lowest BCUT2D eigenvalue weighted by Gasteiger charge is -2.26. The quantitative estimate of drug-likeness (QED) is 0.232. The number of aromatic nitrogens is 2. The molecule has 6 N–H and O–H groups in total. The number of amides is 1. The highest BCUT2D eigenvalue weighted by Crippen LogP contribution is 2.27. The van der Waals surface area contributed by atoms with E-state index < -0.39 is 11.7 Å². The smallest absolute Gasteiger partial charge is 0.410 e. The fourth-order valence-corrected chi connectivity index (χ4v) is 4.38. The normalized spacial score (nSPS) is 11.1. The van der Waals surface area contributed by atoms with Gasteiger partial charge in [0.05, 0.1) is 35.1 Å². The predicted molar refractivity (Wildman–Crippen MR) is 164 cm³/mol. The Kier molecular flexibility index (Phi) is 9.73. The SMILES string of the molecule is CCN(CC(=O)Cc1cnc2cc(Br)ccc2c1N)C(=O)OC(C)(C)C.Nc1cnc2cc(Br)ccc2c1N. The first-order valence-corrected chi connectivity index (χ1v) is 13.8. The van der Waals surface area contributed by atoms with Crippen LogP contribution in [0.2, 0.25) is 0 Å². The molecular weight excluding hydrogens is 628 g/mol. The maximum atomic E-state index is 12.5. The summed E-state index contributed by atoms with van der Waals surface area (Å²) in [4.78, 5) is 34.5. The number of fused-ring (bicyclic) bond motifs is 2. The first-order valence-electron chi connectivity index (χ1n) is 12.2. The highest BCUT2D eigenvalue weighted by Gasteiger charge is 2.23. The highest BCUT2D eigenvalue weighted by atomic mass is 79.9. The van der Waals surface area contributed by atoms with Crippen LogP contribution in [0.4, 0.5) is 21.9 Å². The number of carbonyl (C=O) groups is 2. The largest absolute Gasteiger partial charge is 0.444 e. The van der Waals surface area contributed by atoms with Crippen LogP contribution in [0, 0.1) is 0 Å². The van der Waals surface area contributed by atoms with Crippen molar-refractivity contribution in [2.75, 3.05) is 30.3 Å². The van der Waals surface area contributed by atoms with Gasteiger partial charge in [-0.2, -0.15) is 0 Å². The van der Waals surface area contributed by atoms with E-state index in [1.54, 1.807) is 40.1 Å². The van der Waals surface area contributed by atoms with Gasteiger partial charge in [-0.15, -0.1) is 0 Å². The maximum absolute atomic E-state index is 12.5. The molecule has 0 bridgehead atoms. The second-order valence-electron chi connectivity index (χ2n) is 9.86. The number of carbonyl (C=O) groups excluding carboxylic acids is 2. The van der Waals surface area contributed by atoms with Crippen LogP contribution in [0.5, 0.6) is 0 Å². The molecule has 0 atom stereocenters. The Morgan fingerprint density at radius 3 is 1.97 bits per heavy atom. The lowest BCUT2D eigenvalue weighted by molar-refractivity contribution is -0.119. The second kappa shape index (κ2) is 12.6. The van der Waals surface area contributed by atoms with Crippen molar-refractivity contribution >= 4 is 82.6 Å². The van der Waals surface area contributed by atoms with Gasteiger partial charge in [0.25, 0.3) is 0 Å². The van der Waals surface area contributed by atoms with Crippen LogP contribution in [-0.2, 0) is 16.0 Å². The summed E-state index contributed by atoms with van der Waals surface area (Å²) in [6, 6.07) is 11.4. The van der Waals surface area contributed by atoms with Crippen molar-refractivity contribution < 1.29 is 14.3 Å². The van der Waals surface area contributed by atoms with E-state index in [0.717, 1.165) is 30.8 Å². The Morgan fingerprint density at radius 1 is 0.897 bits per heavy atom. The van der Waals surface area contributed by atoms with Crippen LogP contribution in [-0.4, -0.2) is 45.4 Å². The van der Waals surface area contributed by atoms with Gasteiger partial charge in [0.1, 0.15) is 5.60 Å². The minimum absolute atomic E-state index is 0.0246. The fraction of sp³-hybridized carbons (Fsp3) is 0.286. The van der Waals surface area contributed by atoms with Gasteiger partial charge in [-0.3, -0.25) is 14.8 Å². The number of hydrogen-bond acceptors (Lipinski definition) is 8. The average molecular weight is 660 g/mol. The van der Waals surface area contributed by atoms with Crippen molar-refractivity contribution in [1.82, 2.24) is 14.9 Å². The number of ketones is 1. The van der Waals surface area contributed by atoms with E-state index in [-0.39, 0.29) is 18.7 Å². The number of benzene rings is 2. The molecular formula is C28H32Br2N6O3. The summed E-state index contributed by atoms with van der Waals surface area (Å²) in [7, 11) is 0. The third-order valence-corrected chi connectivity index (χ3v) is 6.63. The molecule has 4 rings (SSSR count). The van der Waals surface area contributed by atoms with Crippen molar-refractivity contribution in [3.8, 4) is 0 Å². The van der Waals surface area contributed by atoms with Gasteiger partial charge >= 0.3 is 6.09 Å². The molecule has 2 heterocycles. The molecule has 0 unspecified atom stereocenters. The molecule has 9 nitrogen and oxygen atoms in total. The second-order valence-corrected chi connectivity index (χ2v) is 11.7. The van der Waals surface area contributed by atoms with Gasteiger partial charge in [0.2, 0.25) is 0 Å². The van der Waals surface area contributed by atoms with E-state index in [4.69, 9.17) is 21.9 Å². The van der Waals surface area contributed by atoms with Gasteiger partial charge in [-0.05, 0) is 64.1 Å². The molecule has 0 fully saturated rings. The summed E-state index contributed by atoms with van der Waals surface area (Å²) in [6.45, 7) is 7.55. The van der Waals surface area contributed by atoms with Gasteiger partial charge in [-0.1, -0.05) is 31.9 Å². The third-order valence-electron chi connectivity index (χ3n) is 5.65. The topological polar surface area (TPSA) is 150 Å². The van der Waals surface area contributed by atoms with E-state index in [0.29, 0.717) is 29.2 Å². The zero-order valence-corrected chi connectivity index (χ0v) is 25.5. The van der Waals surface area contributed by atoms with E-state index in [2.05, 4.69) is 41.8 Å². The molecule has 0 aliphatic heterocycles. The molecule has 206 valence electrons. The summed E-state index contributed by atoms with van der Waals surface area (Å²) in [6.07, 6.45) is 2.81. The van der Waals surface area contributed by atoms with Crippen LogP contribution < -0.4 is 17.2 Å². The number of rotatable bonds is 5. The minimum Gasteiger partial charge on any atom is -0.444 e. The lowest BCUT2D eigenvalue weighted by atomic mass is 10.1. The van der Waals surface area contributed by atoms with E-state index in [9.17, 15) is 9.59 Å². The van der Waals surface area contributed by atoms with Gasteiger partial charge in [0.15, 0.2) is 5.78 Å². The molecule has 0 spiro atoms. The molecule has 11 heteroatoms. The van der Waals surface area contributed by atoms with E-state index in [1.165, 1.54) is 4.90 Å². The average Bonchev–Trinajstić information content (AvgIpc) is 2.86. The molecule has 2 aromatic heterocycles. The number of nitrogens with zero attached hydrogens (tertiary/aromatic N) is 3. The molecule has 0 radical (unpaired) electrons. The Labute approximate surface area is 244 Å². The first-order chi connectivity index (χ1) is 18.3. The van der Waals surface area contributed by atoms with Crippen molar-refractivity contribution in [2.45, 2.75) is 39.7 Å². The van der Waals surface area contributed by atoms with Crippen LogP contribution in [0.25, 0.3) is 21.8 Å². The van der Waals surface area contributed by atoms with Gasteiger partial charge < -0.3 is 26.8 Å². The number of halogens is 2. The van der Waals surface area contributed by atoms with Crippen LogP contribution in [0.3, 0.4) is 0 Å². The predicted octanol–water partition coefficient (Wildman–Crippen LogP) is 6.11. The Balaban J connectivity index is 0.000000268. The lowest BCUT2D eigenvalue weighted by Crippen LogP contribution is -2.40. The van der Waals surface area contributed by atoms with Crippen molar-refractivity contribution in [2.24, 2.45) is 0 Å². The van der Waals surface area contributed by atoms with Gasteiger partial charge in [-0.25, -0.2) is 4.79 Å². The Hall–Kier alpha value is -3.44. The standard InChI is InChI=1S/C19H24BrN3O3.C9H8BrN3/c1-5-23(18(25)26-19(2,3)4)11-14(24)8-12-10-22-16-9-13(20)6-7-15(16)17(12)21;10-5-1-2-6-8(3-5)13-4-7(11)9(6)12/h6-7,9-10H,5,8,11H2,1-4H3,(H2,21,22);1-4H,11H2,(H2,12,13). The number of anilines is 3. The molecule has 0 saturated heterocycles. The van der Waals surface area contributed by atoms with E-state index in [1.807, 2.05) is 36.4 Å². The summed E-state index contributed by atoms with van der Waals surface area (Å²) in [5.41, 5.74) is 20.9. The van der Waals surface area contributed by atoms with Crippen molar-refractivity contribution in [1.29, 1.82) is 0 Å². The summed E-state index contributed by atoms with van der Waals surface area (Å²) < 4.78 is 7.22. The number of nitrogens with two attached hydrogens (primary N) is 3. The monoisotopic (exact) mass is 658 g/mol. The van der Waals surface area contributed by atoms with Gasteiger partial charge in [0, 0.05) is 50.1 Å². The number of hydrogen-bond donors (Lipinski definition) is 3. The Bertz CT molecular complexity index is 1520. The molecule has 39 heavy (non-hydrogen) atoms. The minimum atomic E-state index is -0.603. The number of nitrogen functional groups attached to an aromatic ring is 3. The summed E-state index contributed by atoms with van der Waals surface area (Å²) in [5.74, 6) is -0.123. The number of pyridine rings is 2. The number of ether oxygens (including phenoxy) is 1. The zero-order valence-electron chi connectivity index (χ0n) is 22.3. The van der Waals surface area contributed by atoms with E-state index >= 15 is 0 Å². The highest BCUT2D eigenvalue weighted by molar-refractivity contribution is 9.10. The van der Waals surface area contributed by atoms with Crippen LogP contribution in [0.1, 0.15) is 33.3 Å². The molecule has 1 amide bonds. The number of likely N-dealkylation sites (N-methyl/N-ethyl adjacent to an activating group) is 1. The third kappa shape index (κ3) is 8.03. The summed E-state index contributed by atoms with van der Waals surface area (Å²) in [5, 5.41) is 1.70. The van der Waals surface area contributed by atoms with Crippen molar-refractivity contribution in [3.05, 3.63) is 63.3 Å². The van der Waals surface area contributed by atoms with Crippen LogP contribution >= 0.6 is 31.9 Å². The molecule has 0 aliphatic rings. The molecule has 4 aromatic rings. The molecule has 2 aromatic carbocycles. The fourth-order valence-electron chi connectivity index (χ4n) is 3.69. The molecule has 0 saturated carbocycles. The van der Waals surface area contributed by atoms with Crippen LogP contribution in [0.15, 0.2) is 57.7 Å².